The summed E-state index contributed by atoms with van der Waals surface area (Å²) in [4.78, 5) is 26.0. The lowest BCUT2D eigenvalue weighted by Crippen LogP contribution is -2.34. The van der Waals surface area contributed by atoms with Gasteiger partial charge in [0.2, 0.25) is 11.8 Å². The van der Waals surface area contributed by atoms with Crippen molar-refractivity contribution < 1.29 is 19.1 Å². The number of nitrogens with one attached hydrogen (secondary N) is 1. The van der Waals surface area contributed by atoms with Crippen molar-refractivity contribution in [2.45, 2.75) is 13.8 Å². The van der Waals surface area contributed by atoms with Gasteiger partial charge in [-0.05, 0) is 61.4 Å². The maximum atomic E-state index is 12.4. The number of likely N-dealkylation sites (N-methyl/N-ethyl adjacent to an activating group) is 1. The van der Waals surface area contributed by atoms with E-state index in [0.29, 0.717) is 34.4 Å². The van der Waals surface area contributed by atoms with Crippen molar-refractivity contribution >= 4 is 51.1 Å². The number of ether oxygens (including phenoxy) is 2. The predicted octanol–water partition coefficient (Wildman–Crippen LogP) is 4.93. The summed E-state index contributed by atoms with van der Waals surface area (Å²) in [5.41, 5.74) is 2.31. The van der Waals surface area contributed by atoms with Crippen LogP contribution in [-0.2, 0) is 9.59 Å². The summed E-state index contributed by atoms with van der Waals surface area (Å²) >= 11 is 9.64. The summed E-state index contributed by atoms with van der Waals surface area (Å²) in [6.07, 6.45) is 2.99. The number of benzene rings is 2. The van der Waals surface area contributed by atoms with Crippen LogP contribution in [0.2, 0.25) is 5.02 Å². The van der Waals surface area contributed by atoms with Crippen molar-refractivity contribution in [3.8, 4) is 11.5 Å². The lowest BCUT2D eigenvalue weighted by atomic mass is 10.2. The fourth-order valence-electron chi connectivity index (χ4n) is 2.67. The van der Waals surface area contributed by atoms with Gasteiger partial charge in [0.1, 0.15) is 0 Å². The molecule has 0 fully saturated rings. The fraction of sp³-hybridized carbons (Fsp3) is 0.273. The molecule has 2 rings (SSSR count). The van der Waals surface area contributed by atoms with Crippen LogP contribution >= 0.6 is 27.5 Å². The van der Waals surface area contributed by atoms with Crippen molar-refractivity contribution in [3.05, 3.63) is 57.0 Å². The molecule has 0 heterocycles. The van der Waals surface area contributed by atoms with Gasteiger partial charge in [-0.15, -0.1) is 0 Å². The van der Waals surface area contributed by atoms with Crippen molar-refractivity contribution in [2.24, 2.45) is 0 Å². The minimum Gasteiger partial charge on any atom is -0.493 e. The summed E-state index contributed by atoms with van der Waals surface area (Å²) in [6, 6.07) is 8.97. The van der Waals surface area contributed by atoms with Crippen molar-refractivity contribution in [1.29, 1.82) is 0 Å². The zero-order chi connectivity index (χ0) is 22.3. The first-order valence-corrected chi connectivity index (χ1v) is 10.4. The Morgan fingerprint density at radius 1 is 1.27 bits per heavy atom. The SMILES string of the molecule is CCOc1c(Cl)cc(/C=C/C(=O)N(C)CC(=O)Nc2ccc(Br)cc2C)cc1OC. The number of methoxy groups -OCH3 is 1. The minimum atomic E-state index is -0.318. The molecular weight excluding hydrogens is 472 g/mol. The molecule has 2 amide bonds. The highest BCUT2D eigenvalue weighted by Crippen LogP contribution is 2.36. The Morgan fingerprint density at radius 2 is 2.00 bits per heavy atom. The quantitative estimate of drug-likeness (QED) is 0.527. The van der Waals surface area contributed by atoms with E-state index in [1.807, 2.05) is 32.0 Å². The normalized spacial score (nSPS) is 10.7. The standard InChI is InChI=1S/C22H24BrClN2O4/c1-5-30-22-17(24)11-15(12-19(22)29-4)6-9-21(28)26(3)13-20(27)25-18-8-7-16(23)10-14(18)2/h6-12H,5,13H2,1-4H3,(H,25,27)/b9-6+. The molecule has 0 atom stereocenters. The molecule has 1 N–H and O–H groups in total. The number of hydrogen-bond donors (Lipinski definition) is 1. The second kappa shape index (κ2) is 11.0. The van der Waals surface area contributed by atoms with Gasteiger partial charge in [0.15, 0.2) is 11.5 Å². The maximum absolute atomic E-state index is 12.4. The number of anilines is 1. The summed E-state index contributed by atoms with van der Waals surface area (Å²) in [5.74, 6) is 0.341. The van der Waals surface area contributed by atoms with Crippen molar-refractivity contribution in [1.82, 2.24) is 4.90 Å². The molecule has 0 bridgehead atoms. The Kier molecular flexibility index (Phi) is 8.74. The molecule has 0 spiro atoms. The average molecular weight is 496 g/mol. The first-order chi connectivity index (χ1) is 14.2. The maximum Gasteiger partial charge on any atom is 0.246 e. The van der Waals surface area contributed by atoms with E-state index in [4.69, 9.17) is 21.1 Å². The van der Waals surface area contributed by atoms with Gasteiger partial charge in [0, 0.05) is 23.3 Å². The van der Waals surface area contributed by atoms with E-state index < -0.39 is 0 Å². The summed E-state index contributed by atoms with van der Waals surface area (Å²) in [7, 11) is 3.08. The van der Waals surface area contributed by atoms with Crippen LogP contribution < -0.4 is 14.8 Å². The number of aryl methyl sites for hydroxylation is 1. The number of carbonyl (C=O) groups is 2. The zero-order valence-electron chi connectivity index (χ0n) is 17.3. The number of carbonyl (C=O) groups excluding carboxylic acids is 2. The second-order valence-corrected chi connectivity index (χ2v) is 7.83. The van der Waals surface area contributed by atoms with Gasteiger partial charge in [0.25, 0.3) is 0 Å². The Morgan fingerprint density at radius 3 is 2.63 bits per heavy atom. The van der Waals surface area contributed by atoms with Crippen LogP contribution in [-0.4, -0.2) is 44.0 Å². The number of rotatable bonds is 8. The van der Waals surface area contributed by atoms with Gasteiger partial charge in [-0.2, -0.15) is 0 Å². The van der Waals surface area contributed by atoms with Crippen LogP contribution in [0.15, 0.2) is 40.9 Å². The molecule has 2 aromatic carbocycles. The van der Waals surface area contributed by atoms with E-state index >= 15 is 0 Å². The zero-order valence-corrected chi connectivity index (χ0v) is 19.6. The number of nitrogens with zero attached hydrogens (tertiary/aromatic N) is 1. The first-order valence-electron chi connectivity index (χ1n) is 9.24. The van der Waals surface area contributed by atoms with Crippen molar-refractivity contribution in [3.63, 3.8) is 0 Å². The third-order valence-corrected chi connectivity index (χ3v) is 4.95. The third-order valence-electron chi connectivity index (χ3n) is 4.18. The van der Waals surface area contributed by atoms with E-state index in [1.54, 1.807) is 25.3 Å². The molecular formula is C22H24BrClN2O4. The van der Waals surface area contributed by atoms with E-state index in [0.717, 1.165) is 10.0 Å². The van der Waals surface area contributed by atoms with Gasteiger partial charge >= 0.3 is 0 Å². The molecule has 0 saturated heterocycles. The van der Waals surface area contributed by atoms with Gasteiger partial charge in [-0.25, -0.2) is 0 Å². The van der Waals surface area contributed by atoms with Gasteiger partial charge < -0.3 is 19.7 Å². The molecule has 0 unspecified atom stereocenters. The molecule has 30 heavy (non-hydrogen) atoms. The Labute approximate surface area is 189 Å². The topological polar surface area (TPSA) is 67.9 Å². The van der Waals surface area contributed by atoms with Gasteiger partial charge in [-0.3, -0.25) is 9.59 Å². The number of halogens is 2. The second-order valence-electron chi connectivity index (χ2n) is 6.50. The monoisotopic (exact) mass is 494 g/mol. The predicted molar refractivity (Wildman–Crippen MR) is 123 cm³/mol. The van der Waals surface area contributed by atoms with Gasteiger partial charge in [0.05, 0.1) is 25.3 Å². The molecule has 0 radical (unpaired) electrons. The first kappa shape index (κ1) is 23.8. The summed E-state index contributed by atoms with van der Waals surface area (Å²) < 4.78 is 11.7. The minimum absolute atomic E-state index is 0.0773. The van der Waals surface area contributed by atoms with Crippen molar-refractivity contribution in [2.75, 3.05) is 32.6 Å². The van der Waals surface area contributed by atoms with Crippen LogP contribution in [0.5, 0.6) is 11.5 Å². The highest BCUT2D eigenvalue weighted by atomic mass is 79.9. The van der Waals surface area contributed by atoms with Crippen LogP contribution in [0.4, 0.5) is 5.69 Å². The number of hydrogen-bond acceptors (Lipinski definition) is 4. The molecule has 0 aliphatic rings. The summed E-state index contributed by atoms with van der Waals surface area (Å²) in [6.45, 7) is 4.13. The van der Waals surface area contributed by atoms with Crippen LogP contribution in [0.25, 0.3) is 6.08 Å². The third kappa shape index (κ3) is 6.50. The molecule has 160 valence electrons. The largest absolute Gasteiger partial charge is 0.493 e. The van der Waals surface area contributed by atoms with Crippen LogP contribution in [0.3, 0.4) is 0 Å². The Balaban J connectivity index is 2.02. The van der Waals surface area contributed by atoms with E-state index in [9.17, 15) is 9.59 Å². The molecule has 0 aliphatic heterocycles. The van der Waals surface area contributed by atoms with Crippen LogP contribution in [0.1, 0.15) is 18.1 Å². The molecule has 0 aliphatic carbocycles. The van der Waals surface area contributed by atoms with Gasteiger partial charge in [-0.1, -0.05) is 27.5 Å². The Bertz CT molecular complexity index is 962. The van der Waals surface area contributed by atoms with E-state index in [-0.39, 0.29) is 18.4 Å². The van der Waals surface area contributed by atoms with Crippen LogP contribution in [0, 0.1) is 6.92 Å². The molecule has 0 aromatic heterocycles. The smallest absolute Gasteiger partial charge is 0.246 e. The Hall–Kier alpha value is -2.51. The lowest BCUT2D eigenvalue weighted by Gasteiger charge is -2.16. The molecule has 8 heteroatoms. The summed E-state index contributed by atoms with van der Waals surface area (Å²) in [5, 5.41) is 3.20. The lowest BCUT2D eigenvalue weighted by molar-refractivity contribution is -0.129. The number of amides is 2. The highest BCUT2D eigenvalue weighted by molar-refractivity contribution is 9.10. The molecule has 6 nitrogen and oxygen atoms in total. The van der Waals surface area contributed by atoms with E-state index in [2.05, 4.69) is 21.2 Å². The average Bonchev–Trinajstić information content (AvgIpc) is 2.69. The molecule has 2 aromatic rings. The van der Waals surface area contributed by atoms with E-state index in [1.165, 1.54) is 18.1 Å². The highest BCUT2D eigenvalue weighted by Gasteiger charge is 2.13. The fourth-order valence-corrected chi connectivity index (χ4v) is 3.41. The molecule has 0 saturated carbocycles.